The lowest BCUT2D eigenvalue weighted by molar-refractivity contribution is -0.129. The molecule has 1 aromatic carbocycles. The Kier molecular flexibility index (Phi) is 4.87. The highest BCUT2D eigenvalue weighted by molar-refractivity contribution is 5.91. The molecule has 4 rings (SSSR count). The van der Waals surface area contributed by atoms with Crippen LogP contribution < -0.4 is 4.74 Å². The zero-order valence-electron chi connectivity index (χ0n) is 16.4. The number of carbonyl (C=O) groups is 2. The van der Waals surface area contributed by atoms with Gasteiger partial charge in [0.1, 0.15) is 11.4 Å². The van der Waals surface area contributed by atoms with Gasteiger partial charge in [-0.15, -0.1) is 0 Å². The van der Waals surface area contributed by atoms with Gasteiger partial charge in [0.05, 0.1) is 6.26 Å². The first-order valence-electron chi connectivity index (χ1n) is 9.78. The molecular weight excluding hydrogens is 356 g/mol. The summed E-state index contributed by atoms with van der Waals surface area (Å²) >= 11 is 0. The number of ether oxygens (including phenoxy) is 1. The third-order valence-corrected chi connectivity index (χ3v) is 5.92. The van der Waals surface area contributed by atoms with Crippen LogP contribution in [0.3, 0.4) is 0 Å². The van der Waals surface area contributed by atoms with Crippen LogP contribution in [0.1, 0.15) is 47.7 Å². The maximum Gasteiger partial charge on any atom is 0.289 e. The molecule has 6 heteroatoms. The van der Waals surface area contributed by atoms with Crippen LogP contribution in [0.25, 0.3) is 0 Å². The molecule has 1 fully saturated rings. The Labute approximate surface area is 165 Å². The largest absolute Gasteiger partial charge is 0.487 e. The summed E-state index contributed by atoms with van der Waals surface area (Å²) in [6, 6.07) is 11.4. The normalized spacial score (nSPS) is 20.4. The van der Waals surface area contributed by atoms with Crippen molar-refractivity contribution in [1.82, 2.24) is 9.80 Å². The van der Waals surface area contributed by atoms with E-state index in [1.165, 1.54) is 6.26 Å². The molecule has 0 unspecified atom stereocenters. The average molecular weight is 382 g/mol. The smallest absolute Gasteiger partial charge is 0.289 e. The van der Waals surface area contributed by atoms with Gasteiger partial charge in [0.15, 0.2) is 5.76 Å². The number of carbonyl (C=O) groups excluding carboxylic acids is 2. The Balaban J connectivity index is 1.51. The average Bonchev–Trinajstić information content (AvgIpc) is 3.23. The molecule has 1 saturated heterocycles. The molecule has 6 nitrogen and oxygen atoms in total. The molecule has 28 heavy (non-hydrogen) atoms. The third kappa shape index (κ3) is 3.51. The monoisotopic (exact) mass is 382 g/mol. The Morgan fingerprint density at radius 2 is 1.89 bits per heavy atom. The van der Waals surface area contributed by atoms with Crippen LogP contribution in [0.15, 0.2) is 47.1 Å². The van der Waals surface area contributed by atoms with E-state index in [1.54, 1.807) is 31.1 Å². The number of piperidine rings is 1. The minimum atomic E-state index is -0.328. The van der Waals surface area contributed by atoms with Gasteiger partial charge in [-0.2, -0.15) is 0 Å². The van der Waals surface area contributed by atoms with Crippen molar-refractivity contribution in [3.8, 4) is 5.75 Å². The van der Waals surface area contributed by atoms with Gasteiger partial charge >= 0.3 is 0 Å². The second-order valence-corrected chi connectivity index (χ2v) is 7.99. The highest BCUT2D eigenvalue weighted by Crippen LogP contribution is 2.46. The lowest BCUT2D eigenvalue weighted by Gasteiger charge is -2.46. The van der Waals surface area contributed by atoms with Crippen LogP contribution in [0.2, 0.25) is 0 Å². The van der Waals surface area contributed by atoms with E-state index in [-0.39, 0.29) is 23.3 Å². The summed E-state index contributed by atoms with van der Waals surface area (Å²) in [5.74, 6) is 1.43. The second-order valence-electron chi connectivity index (χ2n) is 7.99. The predicted molar refractivity (Wildman–Crippen MR) is 104 cm³/mol. The summed E-state index contributed by atoms with van der Waals surface area (Å²) in [5, 5.41) is 0. The molecule has 2 aliphatic rings. The van der Waals surface area contributed by atoms with E-state index in [0.717, 1.165) is 30.6 Å². The van der Waals surface area contributed by atoms with Gasteiger partial charge in [0, 0.05) is 52.4 Å². The SMILES string of the molecule is CN(C)C(=O)C[C@H]1CC2(CCN(C(=O)c3ccco3)CC2)Oc2ccccc21. The number of rotatable bonds is 3. The van der Waals surface area contributed by atoms with Crippen molar-refractivity contribution in [3.63, 3.8) is 0 Å². The molecule has 0 saturated carbocycles. The zero-order valence-corrected chi connectivity index (χ0v) is 16.4. The molecule has 2 amide bonds. The fourth-order valence-electron chi connectivity index (χ4n) is 4.30. The number of fused-ring (bicyclic) bond motifs is 1. The maximum atomic E-state index is 12.6. The van der Waals surface area contributed by atoms with Crippen molar-refractivity contribution in [2.24, 2.45) is 0 Å². The molecule has 1 aromatic heterocycles. The van der Waals surface area contributed by atoms with Crippen molar-refractivity contribution in [3.05, 3.63) is 54.0 Å². The number of para-hydroxylation sites is 1. The number of hydrogen-bond acceptors (Lipinski definition) is 4. The quantitative estimate of drug-likeness (QED) is 0.817. The summed E-state index contributed by atoms with van der Waals surface area (Å²) in [5.41, 5.74) is 0.781. The maximum absolute atomic E-state index is 12.6. The van der Waals surface area contributed by atoms with Crippen LogP contribution in [0.4, 0.5) is 0 Å². The van der Waals surface area contributed by atoms with Gasteiger partial charge in [-0.3, -0.25) is 9.59 Å². The van der Waals surface area contributed by atoms with E-state index in [9.17, 15) is 9.59 Å². The number of benzene rings is 1. The van der Waals surface area contributed by atoms with Crippen molar-refractivity contribution in [1.29, 1.82) is 0 Å². The molecule has 1 atom stereocenters. The van der Waals surface area contributed by atoms with Crippen LogP contribution in [0, 0.1) is 0 Å². The van der Waals surface area contributed by atoms with Crippen molar-refractivity contribution in [2.45, 2.75) is 37.2 Å². The molecule has 0 radical (unpaired) electrons. The Morgan fingerprint density at radius 1 is 1.14 bits per heavy atom. The Morgan fingerprint density at radius 3 is 2.57 bits per heavy atom. The Hall–Kier alpha value is -2.76. The molecule has 2 aliphatic heterocycles. The van der Waals surface area contributed by atoms with Gasteiger partial charge in [-0.05, 0) is 30.2 Å². The first kappa shape index (κ1) is 18.6. The first-order valence-corrected chi connectivity index (χ1v) is 9.78. The summed E-state index contributed by atoms with van der Waals surface area (Å²) in [6.07, 6.45) is 4.30. The Bertz CT molecular complexity index is 851. The van der Waals surface area contributed by atoms with Gasteiger partial charge in [0.2, 0.25) is 5.91 Å². The number of hydrogen-bond donors (Lipinski definition) is 0. The van der Waals surface area contributed by atoms with Gasteiger partial charge in [0.25, 0.3) is 5.91 Å². The first-order chi connectivity index (χ1) is 13.5. The number of amides is 2. The molecule has 0 aliphatic carbocycles. The highest BCUT2D eigenvalue weighted by atomic mass is 16.5. The summed E-state index contributed by atoms with van der Waals surface area (Å²) in [6.45, 7) is 1.24. The fourth-order valence-corrected chi connectivity index (χ4v) is 4.30. The second kappa shape index (κ2) is 7.34. The van der Waals surface area contributed by atoms with Gasteiger partial charge in [-0.25, -0.2) is 0 Å². The zero-order chi connectivity index (χ0) is 19.7. The number of likely N-dealkylation sites (tertiary alicyclic amines) is 1. The van der Waals surface area contributed by atoms with E-state index in [4.69, 9.17) is 9.15 Å². The van der Waals surface area contributed by atoms with Crippen LogP contribution >= 0.6 is 0 Å². The molecule has 0 N–H and O–H groups in total. The fraction of sp³-hybridized carbons (Fsp3) is 0.455. The van der Waals surface area contributed by atoms with Crippen molar-refractivity contribution < 1.29 is 18.7 Å². The summed E-state index contributed by atoms with van der Waals surface area (Å²) < 4.78 is 11.7. The molecule has 2 aromatic rings. The van der Waals surface area contributed by atoms with Crippen LogP contribution in [-0.2, 0) is 4.79 Å². The van der Waals surface area contributed by atoms with E-state index in [2.05, 4.69) is 6.07 Å². The van der Waals surface area contributed by atoms with Gasteiger partial charge in [-0.1, -0.05) is 18.2 Å². The number of nitrogens with zero attached hydrogens (tertiary/aromatic N) is 2. The topological polar surface area (TPSA) is 63.0 Å². The summed E-state index contributed by atoms with van der Waals surface area (Å²) in [4.78, 5) is 28.4. The molecule has 148 valence electrons. The molecule has 1 spiro atoms. The van der Waals surface area contributed by atoms with Crippen molar-refractivity contribution >= 4 is 11.8 Å². The summed E-state index contributed by atoms with van der Waals surface area (Å²) in [7, 11) is 3.59. The van der Waals surface area contributed by atoms with Gasteiger partial charge < -0.3 is 19.0 Å². The van der Waals surface area contributed by atoms with Crippen molar-refractivity contribution in [2.75, 3.05) is 27.2 Å². The third-order valence-electron chi connectivity index (χ3n) is 5.92. The van der Waals surface area contributed by atoms with E-state index in [1.807, 2.05) is 23.1 Å². The van der Waals surface area contributed by atoms with Crippen LogP contribution in [0.5, 0.6) is 5.75 Å². The van der Waals surface area contributed by atoms with E-state index < -0.39 is 0 Å². The highest BCUT2D eigenvalue weighted by Gasteiger charge is 2.44. The molecule has 0 bridgehead atoms. The lowest BCUT2D eigenvalue weighted by Crippen LogP contribution is -2.52. The standard InChI is InChI=1S/C22H26N2O4/c1-23(2)20(25)14-16-15-22(28-18-7-4-3-6-17(16)18)9-11-24(12-10-22)21(26)19-8-5-13-27-19/h3-8,13,16H,9-12,14-15H2,1-2H3/t16-/m0/s1. The minimum Gasteiger partial charge on any atom is -0.487 e. The minimum absolute atomic E-state index is 0.0737. The lowest BCUT2D eigenvalue weighted by atomic mass is 9.76. The predicted octanol–water partition coefficient (Wildman–Crippen LogP) is 3.30. The number of furan rings is 1. The van der Waals surface area contributed by atoms with E-state index >= 15 is 0 Å². The molecular formula is C22H26N2O4. The molecule has 3 heterocycles. The van der Waals surface area contributed by atoms with Crippen LogP contribution in [-0.4, -0.2) is 54.4 Å². The van der Waals surface area contributed by atoms with E-state index in [0.29, 0.717) is 25.3 Å².